The maximum atomic E-state index is 13.9. The second-order valence-electron chi connectivity index (χ2n) is 4.09. The summed E-state index contributed by atoms with van der Waals surface area (Å²) in [4.78, 5) is 13.8. The average Bonchev–Trinajstić information content (AvgIpc) is 2.47. The molecule has 0 radical (unpaired) electrons. The van der Waals surface area contributed by atoms with Crippen molar-refractivity contribution in [2.45, 2.75) is 0 Å². The molecule has 0 bridgehead atoms. The molecule has 1 fully saturated rings. The molecule has 104 valence electrons. The van der Waals surface area contributed by atoms with E-state index in [1.165, 1.54) is 20.3 Å². The van der Waals surface area contributed by atoms with Gasteiger partial charge >= 0.3 is 0 Å². The second kappa shape index (κ2) is 5.88. The first-order valence-corrected chi connectivity index (χ1v) is 5.96. The number of rotatable bonds is 3. The van der Waals surface area contributed by atoms with E-state index in [1.54, 1.807) is 4.90 Å². The summed E-state index contributed by atoms with van der Waals surface area (Å²) in [6.07, 6.45) is 0. The normalized spacial score (nSPS) is 15.2. The fraction of sp³-hybridized carbons (Fsp3) is 0.462. The molecule has 0 aliphatic carbocycles. The number of hydrogen-bond acceptors (Lipinski definition) is 4. The molecule has 1 aliphatic heterocycles. The minimum absolute atomic E-state index is 0.0143. The fourth-order valence-corrected chi connectivity index (χ4v) is 1.95. The number of hydrogen-bond donors (Lipinski definition) is 0. The molecule has 1 heterocycles. The van der Waals surface area contributed by atoms with Crippen LogP contribution in [0.5, 0.6) is 11.5 Å². The predicted octanol–water partition coefficient (Wildman–Crippen LogP) is 1.32. The zero-order valence-corrected chi connectivity index (χ0v) is 10.9. The molecule has 0 saturated carbocycles. The van der Waals surface area contributed by atoms with Gasteiger partial charge in [-0.15, -0.1) is 0 Å². The molecule has 2 rings (SSSR count). The first-order valence-electron chi connectivity index (χ1n) is 5.96. The number of ether oxygens (including phenoxy) is 3. The Balaban J connectivity index is 2.30. The standard InChI is InChI=1S/C13H16FNO4/c1-17-11-7-9(10(14)8-12(11)18-2)13(16)15-3-5-19-6-4-15/h7-8H,3-6H2,1-2H3. The Morgan fingerprint density at radius 2 is 1.79 bits per heavy atom. The maximum absolute atomic E-state index is 13.9. The van der Waals surface area contributed by atoms with E-state index in [0.717, 1.165) is 6.07 Å². The highest BCUT2D eigenvalue weighted by Crippen LogP contribution is 2.30. The number of amides is 1. The molecular formula is C13H16FNO4. The SMILES string of the molecule is COc1cc(F)c(C(=O)N2CCOCC2)cc1OC. The van der Waals surface area contributed by atoms with Crippen molar-refractivity contribution >= 4 is 5.91 Å². The van der Waals surface area contributed by atoms with Crippen LogP contribution < -0.4 is 9.47 Å². The summed E-state index contributed by atoms with van der Waals surface area (Å²) in [5, 5.41) is 0. The second-order valence-corrected chi connectivity index (χ2v) is 4.09. The topological polar surface area (TPSA) is 48.0 Å². The minimum Gasteiger partial charge on any atom is -0.493 e. The van der Waals surface area contributed by atoms with E-state index in [0.29, 0.717) is 32.1 Å². The lowest BCUT2D eigenvalue weighted by Gasteiger charge is -2.27. The lowest BCUT2D eigenvalue weighted by molar-refractivity contribution is 0.0299. The molecule has 19 heavy (non-hydrogen) atoms. The van der Waals surface area contributed by atoms with E-state index in [-0.39, 0.29) is 17.2 Å². The van der Waals surface area contributed by atoms with Crippen molar-refractivity contribution < 1.29 is 23.4 Å². The quantitative estimate of drug-likeness (QED) is 0.830. The average molecular weight is 269 g/mol. The van der Waals surface area contributed by atoms with Crippen molar-refractivity contribution in [3.05, 3.63) is 23.5 Å². The Morgan fingerprint density at radius 1 is 1.21 bits per heavy atom. The van der Waals surface area contributed by atoms with Gasteiger partial charge in [-0.3, -0.25) is 4.79 Å². The highest BCUT2D eigenvalue weighted by atomic mass is 19.1. The Hall–Kier alpha value is -1.82. The summed E-state index contributed by atoms with van der Waals surface area (Å²) in [6, 6.07) is 2.53. The molecule has 0 atom stereocenters. The van der Waals surface area contributed by atoms with Gasteiger partial charge in [0.2, 0.25) is 0 Å². The van der Waals surface area contributed by atoms with Crippen LogP contribution in [0.2, 0.25) is 0 Å². The van der Waals surface area contributed by atoms with Gasteiger partial charge in [-0.2, -0.15) is 0 Å². The van der Waals surface area contributed by atoms with Crippen molar-refractivity contribution in [1.29, 1.82) is 0 Å². The van der Waals surface area contributed by atoms with E-state index in [9.17, 15) is 9.18 Å². The highest BCUT2D eigenvalue weighted by molar-refractivity contribution is 5.95. The Morgan fingerprint density at radius 3 is 2.37 bits per heavy atom. The first kappa shape index (κ1) is 13.6. The van der Waals surface area contributed by atoms with Gasteiger partial charge in [-0.25, -0.2) is 4.39 Å². The van der Waals surface area contributed by atoms with E-state index >= 15 is 0 Å². The van der Waals surface area contributed by atoms with E-state index in [1.807, 2.05) is 0 Å². The van der Waals surface area contributed by atoms with Crippen LogP contribution in [-0.4, -0.2) is 51.3 Å². The lowest BCUT2D eigenvalue weighted by Crippen LogP contribution is -2.41. The van der Waals surface area contributed by atoms with Gasteiger partial charge in [-0.1, -0.05) is 0 Å². The smallest absolute Gasteiger partial charge is 0.257 e. The number of methoxy groups -OCH3 is 2. The zero-order valence-electron chi connectivity index (χ0n) is 10.9. The van der Waals surface area contributed by atoms with Crippen LogP contribution in [0.25, 0.3) is 0 Å². The predicted molar refractivity (Wildman–Crippen MR) is 66.2 cm³/mol. The summed E-state index contributed by atoms with van der Waals surface area (Å²) >= 11 is 0. The number of morpholine rings is 1. The van der Waals surface area contributed by atoms with Crippen molar-refractivity contribution in [3.63, 3.8) is 0 Å². The first-order chi connectivity index (χ1) is 9.17. The molecule has 1 aromatic rings. The summed E-state index contributed by atoms with van der Waals surface area (Å²) in [6.45, 7) is 1.88. The molecule has 1 saturated heterocycles. The third-order valence-electron chi connectivity index (χ3n) is 3.00. The minimum atomic E-state index is -0.617. The van der Waals surface area contributed by atoms with Gasteiger partial charge in [0.25, 0.3) is 5.91 Å². The molecular weight excluding hydrogens is 253 g/mol. The largest absolute Gasteiger partial charge is 0.493 e. The summed E-state index contributed by atoms with van der Waals surface area (Å²) in [5.41, 5.74) is -0.0143. The van der Waals surface area contributed by atoms with Gasteiger partial charge in [-0.05, 0) is 6.07 Å². The van der Waals surface area contributed by atoms with Crippen LogP contribution in [0.4, 0.5) is 4.39 Å². The molecule has 0 aromatic heterocycles. The van der Waals surface area contributed by atoms with Crippen LogP contribution in [0.1, 0.15) is 10.4 Å². The van der Waals surface area contributed by atoms with E-state index in [2.05, 4.69) is 0 Å². The van der Waals surface area contributed by atoms with Gasteiger partial charge in [0.1, 0.15) is 5.82 Å². The summed E-state index contributed by atoms with van der Waals surface area (Å²) in [7, 11) is 2.86. The van der Waals surface area contributed by atoms with E-state index < -0.39 is 5.82 Å². The van der Waals surface area contributed by atoms with E-state index in [4.69, 9.17) is 14.2 Å². The number of carbonyl (C=O) groups excluding carboxylic acids is 1. The molecule has 0 unspecified atom stereocenters. The van der Waals surface area contributed by atoms with Crippen molar-refractivity contribution in [2.75, 3.05) is 40.5 Å². The Bertz CT molecular complexity index is 472. The number of benzene rings is 1. The van der Waals surface area contributed by atoms with Crippen LogP contribution in [-0.2, 0) is 4.74 Å². The summed E-state index contributed by atoms with van der Waals surface area (Å²) < 4.78 is 29.2. The highest BCUT2D eigenvalue weighted by Gasteiger charge is 2.23. The molecule has 5 nitrogen and oxygen atoms in total. The molecule has 0 N–H and O–H groups in total. The fourth-order valence-electron chi connectivity index (χ4n) is 1.95. The van der Waals surface area contributed by atoms with Crippen molar-refractivity contribution in [3.8, 4) is 11.5 Å². The van der Waals surface area contributed by atoms with Crippen LogP contribution in [0.3, 0.4) is 0 Å². The number of nitrogens with zero attached hydrogens (tertiary/aromatic N) is 1. The lowest BCUT2D eigenvalue weighted by atomic mass is 10.1. The number of carbonyl (C=O) groups is 1. The Labute approximate surface area is 110 Å². The molecule has 1 aromatic carbocycles. The van der Waals surface area contributed by atoms with Crippen molar-refractivity contribution in [1.82, 2.24) is 4.90 Å². The van der Waals surface area contributed by atoms with Gasteiger partial charge in [0.05, 0.1) is 33.0 Å². The maximum Gasteiger partial charge on any atom is 0.257 e. The van der Waals surface area contributed by atoms with Crippen LogP contribution >= 0.6 is 0 Å². The van der Waals surface area contributed by atoms with Crippen molar-refractivity contribution in [2.24, 2.45) is 0 Å². The summed E-state index contributed by atoms with van der Waals surface area (Å²) in [5.74, 6) is -0.380. The zero-order chi connectivity index (χ0) is 13.8. The van der Waals surface area contributed by atoms with Gasteiger partial charge < -0.3 is 19.1 Å². The van der Waals surface area contributed by atoms with Gasteiger partial charge in [0.15, 0.2) is 11.5 Å². The Kier molecular flexibility index (Phi) is 4.21. The third kappa shape index (κ3) is 2.78. The van der Waals surface area contributed by atoms with Crippen LogP contribution in [0.15, 0.2) is 12.1 Å². The molecule has 1 aliphatic rings. The molecule has 6 heteroatoms. The third-order valence-corrected chi connectivity index (χ3v) is 3.00. The monoisotopic (exact) mass is 269 g/mol. The molecule has 0 spiro atoms. The van der Waals surface area contributed by atoms with Gasteiger partial charge in [0, 0.05) is 19.2 Å². The number of halogens is 1. The van der Waals surface area contributed by atoms with Crippen LogP contribution in [0, 0.1) is 5.82 Å². The molecule has 1 amide bonds.